The fourth-order valence-electron chi connectivity index (χ4n) is 2.94. The predicted molar refractivity (Wildman–Crippen MR) is 107 cm³/mol. The Morgan fingerprint density at radius 3 is 2.36 bits per heavy atom. The molecule has 2 heterocycles. The number of hydrogen-bond acceptors (Lipinski definition) is 4. The van der Waals surface area contributed by atoms with E-state index in [1.807, 2.05) is 6.07 Å². The van der Waals surface area contributed by atoms with Crippen LogP contribution in [-0.4, -0.2) is 16.5 Å². The molecule has 0 saturated carbocycles. The van der Waals surface area contributed by atoms with Crippen molar-refractivity contribution in [2.75, 3.05) is 11.9 Å². The number of rotatable bonds is 5. The van der Waals surface area contributed by atoms with Crippen LogP contribution in [0.1, 0.15) is 13.3 Å². The predicted octanol–water partition coefficient (Wildman–Crippen LogP) is 5.85. The van der Waals surface area contributed by atoms with E-state index >= 15 is 0 Å². The summed E-state index contributed by atoms with van der Waals surface area (Å²) in [6.07, 6.45) is 2.70. The molecular formula is C21H19N3S. The number of nitrogens with zero attached hydrogens (tertiary/aromatic N) is 2. The fraction of sp³-hybridized carbons (Fsp3) is 0.143. The Morgan fingerprint density at radius 2 is 1.60 bits per heavy atom. The highest BCUT2D eigenvalue weighted by atomic mass is 32.1. The van der Waals surface area contributed by atoms with Crippen LogP contribution in [0, 0.1) is 0 Å². The Balaban J connectivity index is 1.74. The molecule has 3 nitrogen and oxygen atoms in total. The van der Waals surface area contributed by atoms with Gasteiger partial charge in [0.2, 0.25) is 0 Å². The van der Waals surface area contributed by atoms with Crippen LogP contribution in [0.25, 0.3) is 32.5 Å². The van der Waals surface area contributed by atoms with Crippen molar-refractivity contribution >= 4 is 27.4 Å². The maximum Gasteiger partial charge on any atom is 0.138 e. The lowest BCUT2D eigenvalue weighted by Crippen LogP contribution is -2.02. The smallest absolute Gasteiger partial charge is 0.138 e. The van der Waals surface area contributed by atoms with E-state index in [1.165, 1.54) is 22.3 Å². The molecule has 0 amide bonds. The Morgan fingerprint density at radius 1 is 0.880 bits per heavy atom. The fourth-order valence-corrected chi connectivity index (χ4v) is 3.85. The van der Waals surface area contributed by atoms with Crippen molar-refractivity contribution < 1.29 is 0 Å². The van der Waals surface area contributed by atoms with Gasteiger partial charge >= 0.3 is 0 Å². The van der Waals surface area contributed by atoms with Gasteiger partial charge in [-0.15, -0.1) is 11.3 Å². The van der Waals surface area contributed by atoms with Gasteiger partial charge in [0.1, 0.15) is 17.0 Å². The summed E-state index contributed by atoms with van der Waals surface area (Å²) < 4.78 is 0. The van der Waals surface area contributed by atoms with Gasteiger partial charge in [0.25, 0.3) is 0 Å². The molecule has 0 radical (unpaired) electrons. The first kappa shape index (κ1) is 15.8. The first-order chi connectivity index (χ1) is 12.4. The van der Waals surface area contributed by atoms with Gasteiger partial charge in [0.05, 0.1) is 5.39 Å². The molecule has 0 fully saturated rings. The van der Waals surface area contributed by atoms with Crippen LogP contribution in [0.2, 0.25) is 0 Å². The molecule has 0 spiro atoms. The monoisotopic (exact) mass is 345 g/mol. The van der Waals surface area contributed by atoms with Gasteiger partial charge in [-0.25, -0.2) is 9.97 Å². The summed E-state index contributed by atoms with van der Waals surface area (Å²) in [5.41, 5.74) is 4.85. The van der Waals surface area contributed by atoms with E-state index in [0.717, 1.165) is 29.0 Å². The molecular weight excluding hydrogens is 326 g/mol. The largest absolute Gasteiger partial charge is 0.369 e. The van der Waals surface area contributed by atoms with E-state index in [-0.39, 0.29) is 0 Å². The molecule has 0 bridgehead atoms. The van der Waals surface area contributed by atoms with Crippen molar-refractivity contribution in [3.8, 4) is 22.3 Å². The van der Waals surface area contributed by atoms with Crippen LogP contribution in [-0.2, 0) is 0 Å². The maximum absolute atomic E-state index is 4.45. The first-order valence-electron chi connectivity index (χ1n) is 8.48. The van der Waals surface area contributed by atoms with Crippen LogP contribution in [0.4, 0.5) is 5.82 Å². The molecule has 4 rings (SSSR count). The molecule has 2 aromatic carbocycles. The van der Waals surface area contributed by atoms with E-state index in [4.69, 9.17) is 0 Å². The Labute approximate surface area is 151 Å². The van der Waals surface area contributed by atoms with Crippen LogP contribution >= 0.6 is 11.3 Å². The first-order valence-corrected chi connectivity index (χ1v) is 9.36. The quantitative estimate of drug-likeness (QED) is 0.493. The molecule has 4 heteroatoms. The van der Waals surface area contributed by atoms with Gasteiger partial charge < -0.3 is 5.32 Å². The van der Waals surface area contributed by atoms with E-state index < -0.39 is 0 Å². The number of benzene rings is 2. The lowest BCUT2D eigenvalue weighted by Gasteiger charge is -2.08. The van der Waals surface area contributed by atoms with Crippen LogP contribution in [0.15, 0.2) is 66.3 Å². The Hall–Kier alpha value is -2.72. The Bertz CT molecular complexity index is 975. The minimum absolute atomic E-state index is 0.911. The van der Waals surface area contributed by atoms with Gasteiger partial charge in [0.15, 0.2) is 0 Å². The second-order valence-electron chi connectivity index (χ2n) is 5.92. The molecule has 0 aliphatic heterocycles. The SMILES string of the molecule is CCCNc1ncnc2scc(-c3ccc(-c4ccccc4)cc3)c12. The topological polar surface area (TPSA) is 37.8 Å². The number of thiophene rings is 1. The lowest BCUT2D eigenvalue weighted by molar-refractivity contribution is 0.970. The summed E-state index contributed by atoms with van der Waals surface area (Å²) in [6.45, 7) is 3.07. The highest BCUT2D eigenvalue weighted by molar-refractivity contribution is 7.17. The van der Waals surface area contributed by atoms with Gasteiger partial charge in [-0.3, -0.25) is 0 Å². The number of nitrogens with one attached hydrogen (secondary N) is 1. The summed E-state index contributed by atoms with van der Waals surface area (Å²) >= 11 is 1.67. The molecule has 0 aliphatic rings. The van der Waals surface area contributed by atoms with Crippen molar-refractivity contribution in [3.05, 3.63) is 66.3 Å². The second kappa shape index (κ2) is 7.03. The standard InChI is InChI=1S/C21H19N3S/c1-2-12-22-20-19-18(13-25-21(19)24-14-23-20)17-10-8-16(9-11-17)15-6-4-3-5-7-15/h3-11,13-14H,2,12H2,1H3,(H,22,23,24). The molecule has 1 N–H and O–H groups in total. The van der Waals surface area contributed by atoms with Crippen LogP contribution in [0.3, 0.4) is 0 Å². The summed E-state index contributed by atoms with van der Waals surface area (Å²) in [7, 11) is 0. The number of fused-ring (bicyclic) bond motifs is 1. The molecule has 2 aromatic heterocycles. The van der Waals surface area contributed by atoms with Crippen LogP contribution < -0.4 is 5.32 Å². The Kier molecular flexibility index (Phi) is 4.44. The molecule has 0 aliphatic carbocycles. The van der Waals surface area contributed by atoms with Crippen molar-refractivity contribution in [1.29, 1.82) is 0 Å². The maximum atomic E-state index is 4.45. The zero-order valence-electron chi connectivity index (χ0n) is 14.1. The third-order valence-electron chi connectivity index (χ3n) is 4.22. The molecule has 0 atom stereocenters. The lowest BCUT2D eigenvalue weighted by atomic mass is 10.0. The molecule has 4 aromatic rings. The summed E-state index contributed by atoms with van der Waals surface area (Å²) in [6, 6.07) is 19.2. The van der Waals surface area contributed by atoms with Gasteiger partial charge in [0, 0.05) is 17.5 Å². The van der Waals surface area contributed by atoms with Crippen molar-refractivity contribution in [2.45, 2.75) is 13.3 Å². The van der Waals surface area contributed by atoms with E-state index in [0.29, 0.717) is 0 Å². The van der Waals surface area contributed by atoms with E-state index in [2.05, 4.69) is 76.1 Å². The van der Waals surface area contributed by atoms with Crippen molar-refractivity contribution in [3.63, 3.8) is 0 Å². The van der Waals surface area contributed by atoms with Gasteiger partial charge in [-0.1, -0.05) is 61.5 Å². The summed E-state index contributed by atoms with van der Waals surface area (Å²) in [4.78, 5) is 9.90. The zero-order valence-corrected chi connectivity index (χ0v) is 14.9. The third kappa shape index (κ3) is 3.13. The van der Waals surface area contributed by atoms with Crippen LogP contribution in [0.5, 0.6) is 0 Å². The number of hydrogen-bond donors (Lipinski definition) is 1. The van der Waals surface area contributed by atoms with E-state index in [9.17, 15) is 0 Å². The second-order valence-corrected chi connectivity index (χ2v) is 6.78. The van der Waals surface area contributed by atoms with Gasteiger partial charge in [-0.2, -0.15) is 0 Å². The van der Waals surface area contributed by atoms with Crippen molar-refractivity contribution in [1.82, 2.24) is 9.97 Å². The molecule has 25 heavy (non-hydrogen) atoms. The van der Waals surface area contributed by atoms with Gasteiger partial charge in [-0.05, 0) is 23.1 Å². The highest BCUT2D eigenvalue weighted by Gasteiger charge is 2.12. The summed E-state index contributed by atoms with van der Waals surface area (Å²) in [5.74, 6) is 0.926. The third-order valence-corrected chi connectivity index (χ3v) is 5.10. The molecule has 0 saturated heterocycles. The average Bonchev–Trinajstić information content (AvgIpc) is 3.12. The van der Waals surface area contributed by atoms with Crippen molar-refractivity contribution in [2.24, 2.45) is 0 Å². The minimum Gasteiger partial charge on any atom is -0.369 e. The molecule has 0 unspecified atom stereocenters. The van der Waals surface area contributed by atoms with E-state index in [1.54, 1.807) is 17.7 Å². The molecule has 124 valence electrons. The summed E-state index contributed by atoms with van der Waals surface area (Å²) in [5, 5.41) is 6.72. The number of aromatic nitrogens is 2. The highest BCUT2D eigenvalue weighted by Crippen LogP contribution is 2.37. The normalized spacial score (nSPS) is 10.9. The average molecular weight is 345 g/mol. The number of anilines is 1. The zero-order chi connectivity index (χ0) is 17.1. The minimum atomic E-state index is 0.911.